The molecule has 0 aliphatic carbocycles. The van der Waals surface area contributed by atoms with E-state index in [1.54, 1.807) is 0 Å². The molecule has 0 amide bonds. The first kappa shape index (κ1) is 10.3. The number of fused-ring (bicyclic) bond motifs is 1. The molecule has 0 aromatic carbocycles. The molecule has 4 heteroatoms. The van der Waals surface area contributed by atoms with E-state index in [2.05, 4.69) is 20.1 Å². The van der Waals surface area contributed by atoms with Gasteiger partial charge in [-0.15, -0.1) is 10.2 Å². The Labute approximate surface area is 96.4 Å². The van der Waals surface area contributed by atoms with Crippen LogP contribution in [0.15, 0.2) is 0 Å². The predicted octanol–water partition coefficient (Wildman–Crippen LogP) is 1.16. The summed E-state index contributed by atoms with van der Waals surface area (Å²) in [6.07, 6.45) is 7.46. The van der Waals surface area contributed by atoms with E-state index in [9.17, 15) is 0 Å². The SMILES string of the molecule is C1CCn2c(nnc2CC2CCCNC2)C1. The van der Waals surface area contributed by atoms with Crippen LogP contribution in [0.3, 0.4) is 0 Å². The quantitative estimate of drug-likeness (QED) is 0.813. The van der Waals surface area contributed by atoms with Gasteiger partial charge >= 0.3 is 0 Å². The van der Waals surface area contributed by atoms with Gasteiger partial charge in [0.2, 0.25) is 0 Å². The Bertz CT molecular complexity index is 352. The highest BCUT2D eigenvalue weighted by Gasteiger charge is 2.20. The van der Waals surface area contributed by atoms with E-state index in [-0.39, 0.29) is 0 Å². The molecule has 0 saturated carbocycles. The van der Waals surface area contributed by atoms with E-state index in [1.807, 2.05) is 0 Å². The molecule has 3 rings (SSSR count). The van der Waals surface area contributed by atoms with Gasteiger partial charge in [0.15, 0.2) is 0 Å². The molecule has 1 fully saturated rings. The van der Waals surface area contributed by atoms with Gasteiger partial charge in [-0.05, 0) is 44.7 Å². The Hall–Kier alpha value is -0.900. The van der Waals surface area contributed by atoms with Crippen LogP contribution in [-0.2, 0) is 19.4 Å². The van der Waals surface area contributed by atoms with Crippen molar-refractivity contribution in [3.63, 3.8) is 0 Å². The number of piperidine rings is 1. The van der Waals surface area contributed by atoms with Crippen molar-refractivity contribution in [2.75, 3.05) is 13.1 Å². The first-order valence-corrected chi connectivity index (χ1v) is 6.55. The van der Waals surface area contributed by atoms with Crippen LogP contribution >= 0.6 is 0 Å². The molecule has 1 aromatic rings. The third-order valence-electron chi connectivity index (χ3n) is 3.81. The molecule has 4 nitrogen and oxygen atoms in total. The first-order valence-electron chi connectivity index (χ1n) is 6.55. The van der Waals surface area contributed by atoms with Gasteiger partial charge < -0.3 is 9.88 Å². The maximum Gasteiger partial charge on any atom is 0.133 e. The molecule has 1 N–H and O–H groups in total. The van der Waals surface area contributed by atoms with Crippen LogP contribution in [0.4, 0.5) is 0 Å². The van der Waals surface area contributed by atoms with Crippen molar-refractivity contribution in [3.05, 3.63) is 11.6 Å². The lowest BCUT2D eigenvalue weighted by Gasteiger charge is -2.23. The molecule has 0 bridgehead atoms. The molecule has 1 atom stereocenters. The second-order valence-electron chi connectivity index (χ2n) is 5.06. The minimum Gasteiger partial charge on any atom is -0.316 e. The minimum absolute atomic E-state index is 0.768. The molecule has 16 heavy (non-hydrogen) atoms. The molecule has 0 radical (unpaired) electrons. The second-order valence-corrected chi connectivity index (χ2v) is 5.06. The number of hydrogen-bond donors (Lipinski definition) is 1. The average Bonchev–Trinajstić information content (AvgIpc) is 2.74. The molecule has 3 heterocycles. The molecule has 1 unspecified atom stereocenters. The average molecular weight is 220 g/mol. The molecule has 1 saturated heterocycles. The van der Waals surface area contributed by atoms with Crippen LogP contribution in [0.2, 0.25) is 0 Å². The van der Waals surface area contributed by atoms with E-state index >= 15 is 0 Å². The summed E-state index contributed by atoms with van der Waals surface area (Å²) in [6, 6.07) is 0. The summed E-state index contributed by atoms with van der Waals surface area (Å²) in [5.41, 5.74) is 0. The van der Waals surface area contributed by atoms with Gasteiger partial charge in [-0.2, -0.15) is 0 Å². The molecule has 2 aliphatic rings. The molecular weight excluding hydrogens is 200 g/mol. The molecule has 88 valence electrons. The smallest absolute Gasteiger partial charge is 0.133 e. The Morgan fingerprint density at radius 1 is 1.25 bits per heavy atom. The Morgan fingerprint density at radius 3 is 3.12 bits per heavy atom. The zero-order valence-corrected chi connectivity index (χ0v) is 9.78. The highest BCUT2D eigenvalue weighted by atomic mass is 15.3. The summed E-state index contributed by atoms with van der Waals surface area (Å²) < 4.78 is 2.36. The number of aryl methyl sites for hydroxylation is 1. The zero-order valence-electron chi connectivity index (χ0n) is 9.78. The predicted molar refractivity (Wildman–Crippen MR) is 62.3 cm³/mol. The van der Waals surface area contributed by atoms with E-state index in [1.165, 1.54) is 43.9 Å². The van der Waals surface area contributed by atoms with E-state index in [0.29, 0.717) is 0 Å². The fourth-order valence-electron chi connectivity index (χ4n) is 2.88. The van der Waals surface area contributed by atoms with Gasteiger partial charge in [-0.25, -0.2) is 0 Å². The second kappa shape index (κ2) is 4.53. The summed E-state index contributed by atoms with van der Waals surface area (Å²) in [5.74, 6) is 3.21. The van der Waals surface area contributed by atoms with Gasteiger partial charge in [0.25, 0.3) is 0 Å². The van der Waals surface area contributed by atoms with Crippen LogP contribution in [-0.4, -0.2) is 27.9 Å². The topological polar surface area (TPSA) is 42.7 Å². The number of aromatic nitrogens is 3. The lowest BCUT2D eigenvalue weighted by atomic mass is 9.96. The van der Waals surface area contributed by atoms with Crippen molar-refractivity contribution in [2.45, 2.75) is 45.1 Å². The van der Waals surface area contributed by atoms with Crippen molar-refractivity contribution in [2.24, 2.45) is 5.92 Å². The lowest BCUT2D eigenvalue weighted by Crippen LogP contribution is -2.31. The van der Waals surface area contributed by atoms with E-state index in [4.69, 9.17) is 0 Å². The summed E-state index contributed by atoms with van der Waals surface area (Å²) in [7, 11) is 0. The third kappa shape index (κ3) is 1.98. The van der Waals surface area contributed by atoms with Gasteiger partial charge in [-0.3, -0.25) is 0 Å². The fraction of sp³-hybridized carbons (Fsp3) is 0.833. The van der Waals surface area contributed by atoms with Crippen LogP contribution in [0.5, 0.6) is 0 Å². The number of nitrogens with zero attached hydrogens (tertiary/aromatic N) is 3. The summed E-state index contributed by atoms with van der Waals surface area (Å²) in [6.45, 7) is 3.48. The normalized spacial score (nSPS) is 25.4. The standard InChI is InChI=1S/C12H20N4/c1-2-7-16-11(5-1)14-15-12(16)8-10-4-3-6-13-9-10/h10,13H,1-9H2. The lowest BCUT2D eigenvalue weighted by molar-refractivity contribution is 0.363. The maximum atomic E-state index is 4.38. The summed E-state index contributed by atoms with van der Waals surface area (Å²) >= 11 is 0. The van der Waals surface area contributed by atoms with Crippen LogP contribution in [0.1, 0.15) is 37.3 Å². The molecule has 0 spiro atoms. The van der Waals surface area contributed by atoms with Crippen LogP contribution < -0.4 is 5.32 Å². The number of nitrogens with one attached hydrogen (secondary N) is 1. The highest BCUT2D eigenvalue weighted by Crippen LogP contribution is 2.19. The van der Waals surface area contributed by atoms with Gasteiger partial charge in [0.1, 0.15) is 11.6 Å². The maximum absolute atomic E-state index is 4.38. The van der Waals surface area contributed by atoms with Gasteiger partial charge in [-0.1, -0.05) is 0 Å². The number of rotatable bonds is 2. The highest BCUT2D eigenvalue weighted by molar-refractivity contribution is 5.00. The van der Waals surface area contributed by atoms with Crippen molar-refractivity contribution >= 4 is 0 Å². The molecule has 1 aromatic heterocycles. The summed E-state index contributed by atoms with van der Waals surface area (Å²) in [4.78, 5) is 0. The van der Waals surface area contributed by atoms with Crippen molar-refractivity contribution in [3.8, 4) is 0 Å². The van der Waals surface area contributed by atoms with Gasteiger partial charge in [0.05, 0.1) is 0 Å². The van der Waals surface area contributed by atoms with Gasteiger partial charge in [0, 0.05) is 19.4 Å². The first-order chi connectivity index (χ1) is 7.93. The Balaban J connectivity index is 1.71. The van der Waals surface area contributed by atoms with Crippen molar-refractivity contribution < 1.29 is 0 Å². The minimum atomic E-state index is 0.768. The Morgan fingerprint density at radius 2 is 2.25 bits per heavy atom. The molecular formula is C12H20N4. The van der Waals surface area contributed by atoms with Crippen LogP contribution in [0.25, 0.3) is 0 Å². The van der Waals surface area contributed by atoms with Crippen molar-refractivity contribution in [1.82, 2.24) is 20.1 Å². The monoisotopic (exact) mass is 220 g/mol. The molecule has 2 aliphatic heterocycles. The number of hydrogen-bond acceptors (Lipinski definition) is 3. The fourth-order valence-corrected chi connectivity index (χ4v) is 2.88. The largest absolute Gasteiger partial charge is 0.316 e. The zero-order chi connectivity index (χ0) is 10.8. The van der Waals surface area contributed by atoms with Crippen LogP contribution in [0, 0.1) is 5.92 Å². The van der Waals surface area contributed by atoms with E-state index < -0.39 is 0 Å². The van der Waals surface area contributed by atoms with Crippen molar-refractivity contribution in [1.29, 1.82) is 0 Å². The third-order valence-corrected chi connectivity index (χ3v) is 3.81. The summed E-state index contributed by atoms with van der Waals surface area (Å²) in [5, 5.41) is 12.2. The Kier molecular flexibility index (Phi) is 2.91. The van der Waals surface area contributed by atoms with E-state index in [0.717, 1.165) is 31.8 Å².